The van der Waals surface area contributed by atoms with Gasteiger partial charge in [0, 0.05) is 5.69 Å². The molecule has 34 heavy (non-hydrogen) atoms. The van der Waals surface area contributed by atoms with E-state index in [1.165, 1.54) is 11.8 Å². The van der Waals surface area contributed by atoms with Crippen molar-refractivity contribution in [1.82, 2.24) is 5.32 Å². The Bertz CT molecular complexity index is 1310. The van der Waals surface area contributed by atoms with Crippen molar-refractivity contribution < 1.29 is 14.3 Å². The van der Waals surface area contributed by atoms with Crippen LogP contribution in [0.3, 0.4) is 0 Å². The molecule has 0 radical (unpaired) electrons. The van der Waals surface area contributed by atoms with Gasteiger partial charge >= 0.3 is 0 Å². The van der Waals surface area contributed by atoms with Crippen molar-refractivity contribution in [2.45, 2.75) is 6.92 Å². The van der Waals surface area contributed by atoms with Gasteiger partial charge in [-0.05, 0) is 72.8 Å². The first-order valence-electron chi connectivity index (χ1n) is 10.2. The molecule has 0 atom stereocenters. The minimum absolute atomic E-state index is 0.192. The van der Waals surface area contributed by atoms with Crippen molar-refractivity contribution in [2.24, 2.45) is 4.99 Å². The van der Waals surface area contributed by atoms with Gasteiger partial charge in [-0.2, -0.15) is 0 Å². The van der Waals surface area contributed by atoms with Crippen LogP contribution in [0.1, 0.15) is 11.1 Å². The summed E-state index contributed by atoms with van der Waals surface area (Å²) >= 11 is 13.1. The molecule has 0 aliphatic carbocycles. The average Bonchev–Trinajstić information content (AvgIpc) is 3.15. The second-order valence-electron chi connectivity index (χ2n) is 7.36. The highest BCUT2D eigenvalue weighted by Gasteiger charge is 2.23. The molecule has 3 aromatic rings. The van der Waals surface area contributed by atoms with E-state index in [4.69, 9.17) is 27.9 Å². The van der Waals surface area contributed by atoms with Crippen molar-refractivity contribution in [3.05, 3.63) is 92.8 Å². The zero-order valence-electron chi connectivity index (χ0n) is 18.0. The van der Waals surface area contributed by atoms with Crippen LogP contribution < -0.4 is 15.4 Å². The van der Waals surface area contributed by atoms with Gasteiger partial charge in [0.15, 0.2) is 11.8 Å². The molecule has 0 saturated carbocycles. The van der Waals surface area contributed by atoms with E-state index in [0.29, 0.717) is 31.6 Å². The van der Waals surface area contributed by atoms with E-state index in [-0.39, 0.29) is 18.4 Å². The lowest BCUT2D eigenvalue weighted by Crippen LogP contribution is -2.20. The number of ether oxygens (including phenoxy) is 1. The number of hydrogen-bond donors (Lipinski definition) is 2. The SMILES string of the molecule is Cc1ccc(N=C2NC(=O)/C(=C\c3cccc(OCC(=O)Nc4ccc(Cl)c(Cl)c4)c3)S2)cc1. The van der Waals surface area contributed by atoms with Gasteiger partial charge in [-0.3, -0.25) is 9.59 Å². The van der Waals surface area contributed by atoms with Gasteiger partial charge in [0.2, 0.25) is 0 Å². The summed E-state index contributed by atoms with van der Waals surface area (Å²) in [6.07, 6.45) is 1.75. The lowest BCUT2D eigenvalue weighted by Gasteiger charge is -2.09. The van der Waals surface area contributed by atoms with Crippen LogP contribution in [0.2, 0.25) is 10.0 Å². The molecule has 2 N–H and O–H groups in total. The van der Waals surface area contributed by atoms with Gasteiger partial charge in [-0.15, -0.1) is 0 Å². The second-order valence-corrected chi connectivity index (χ2v) is 9.20. The third-order valence-corrected chi connectivity index (χ3v) is 6.29. The number of carbonyl (C=O) groups is 2. The standard InChI is InChI=1S/C25H19Cl2N3O3S/c1-15-5-7-17(8-6-15)29-25-30-24(32)22(34-25)12-16-3-2-4-19(11-16)33-14-23(31)28-18-9-10-20(26)21(27)13-18/h2-13H,14H2,1H3,(H,28,31)(H,29,30,32)/b22-12+. The summed E-state index contributed by atoms with van der Waals surface area (Å²) in [5.41, 5.74) is 3.19. The van der Waals surface area contributed by atoms with Crippen LogP contribution in [0.25, 0.3) is 6.08 Å². The number of nitrogens with one attached hydrogen (secondary N) is 2. The Morgan fingerprint density at radius 1 is 1.09 bits per heavy atom. The quantitative estimate of drug-likeness (QED) is 0.385. The molecule has 0 bridgehead atoms. The molecular formula is C25H19Cl2N3O3S. The normalized spacial score (nSPS) is 15.4. The maximum Gasteiger partial charge on any atom is 0.264 e. The van der Waals surface area contributed by atoms with Crippen LogP contribution in [-0.4, -0.2) is 23.6 Å². The van der Waals surface area contributed by atoms with Crippen molar-refractivity contribution >= 4 is 69.4 Å². The van der Waals surface area contributed by atoms with Gasteiger partial charge in [0.1, 0.15) is 5.75 Å². The highest BCUT2D eigenvalue weighted by Crippen LogP contribution is 2.29. The molecule has 1 aliphatic heterocycles. The minimum Gasteiger partial charge on any atom is -0.484 e. The molecule has 2 amide bonds. The molecule has 4 rings (SSSR count). The Labute approximate surface area is 211 Å². The third-order valence-electron chi connectivity index (χ3n) is 4.64. The monoisotopic (exact) mass is 511 g/mol. The van der Waals surface area contributed by atoms with Crippen LogP contribution >= 0.6 is 35.0 Å². The van der Waals surface area contributed by atoms with Crippen LogP contribution in [0.15, 0.2) is 76.6 Å². The van der Waals surface area contributed by atoms with Crippen LogP contribution in [0.5, 0.6) is 5.75 Å². The summed E-state index contributed by atoms with van der Waals surface area (Å²) in [4.78, 5) is 29.6. The van der Waals surface area contributed by atoms with Crippen LogP contribution in [0, 0.1) is 6.92 Å². The van der Waals surface area contributed by atoms with Crippen LogP contribution in [0.4, 0.5) is 11.4 Å². The van der Waals surface area contributed by atoms with Gasteiger partial charge in [0.05, 0.1) is 20.6 Å². The molecular weight excluding hydrogens is 493 g/mol. The molecule has 1 saturated heterocycles. The zero-order valence-corrected chi connectivity index (χ0v) is 20.3. The van der Waals surface area contributed by atoms with E-state index in [1.54, 1.807) is 42.5 Å². The van der Waals surface area contributed by atoms with Crippen LogP contribution in [-0.2, 0) is 9.59 Å². The number of aryl methyl sites for hydroxylation is 1. The smallest absolute Gasteiger partial charge is 0.264 e. The average molecular weight is 512 g/mol. The Hall–Kier alpha value is -3.26. The van der Waals surface area contributed by atoms with E-state index in [9.17, 15) is 9.59 Å². The Kier molecular flexibility index (Phi) is 7.57. The highest BCUT2D eigenvalue weighted by atomic mass is 35.5. The maximum atomic E-state index is 12.4. The fourth-order valence-electron chi connectivity index (χ4n) is 2.98. The molecule has 6 nitrogen and oxygen atoms in total. The first kappa shape index (κ1) is 23.9. The molecule has 3 aromatic carbocycles. The fraction of sp³-hybridized carbons (Fsp3) is 0.0800. The number of hydrogen-bond acceptors (Lipinski definition) is 5. The van der Waals surface area contributed by atoms with Gasteiger partial charge in [0.25, 0.3) is 11.8 Å². The number of nitrogens with zero attached hydrogens (tertiary/aromatic N) is 1. The summed E-state index contributed by atoms with van der Waals surface area (Å²) in [5.74, 6) is -0.0661. The number of halogens is 2. The Morgan fingerprint density at radius 3 is 2.65 bits per heavy atom. The Morgan fingerprint density at radius 2 is 1.88 bits per heavy atom. The molecule has 0 unspecified atom stereocenters. The summed E-state index contributed by atoms with van der Waals surface area (Å²) in [6.45, 7) is 1.81. The van der Waals surface area contributed by atoms with E-state index < -0.39 is 0 Å². The molecule has 1 heterocycles. The molecule has 1 aliphatic rings. The van der Waals surface area contributed by atoms with E-state index in [2.05, 4.69) is 15.6 Å². The number of amidine groups is 1. The number of thioether (sulfide) groups is 1. The van der Waals surface area contributed by atoms with E-state index in [0.717, 1.165) is 16.8 Å². The number of aliphatic imine (C=N–C) groups is 1. The van der Waals surface area contributed by atoms with Gasteiger partial charge in [-0.1, -0.05) is 53.0 Å². The first-order valence-corrected chi connectivity index (χ1v) is 11.8. The number of rotatable bonds is 6. The minimum atomic E-state index is -0.343. The summed E-state index contributed by atoms with van der Waals surface area (Å²) in [7, 11) is 0. The second kappa shape index (κ2) is 10.8. The summed E-state index contributed by atoms with van der Waals surface area (Å²) in [6, 6.07) is 19.7. The molecule has 1 fully saturated rings. The number of benzene rings is 3. The predicted octanol–water partition coefficient (Wildman–Crippen LogP) is 6.21. The van der Waals surface area contributed by atoms with Crippen molar-refractivity contribution in [2.75, 3.05) is 11.9 Å². The lowest BCUT2D eigenvalue weighted by atomic mass is 10.2. The maximum absolute atomic E-state index is 12.4. The highest BCUT2D eigenvalue weighted by molar-refractivity contribution is 8.18. The number of carbonyl (C=O) groups excluding carboxylic acids is 2. The third kappa shape index (κ3) is 6.41. The first-order chi connectivity index (χ1) is 16.4. The molecule has 0 aromatic heterocycles. The van der Waals surface area contributed by atoms with Crippen molar-refractivity contribution in [1.29, 1.82) is 0 Å². The number of amides is 2. The molecule has 172 valence electrons. The fourth-order valence-corrected chi connectivity index (χ4v) is 4.12. The van der Waals surface area contributed by atoms with Gasteiger partial charge < -0.3 is 15.4 Å². The zero-order chi connectivity index (χ0) is 24.1. The lowest BCUT2D eigenvalue weighted by molar-refractivity contribution is -0.118. The summed E-state index contributed by atoms with van der Waals surface area (Å²) in [5, 5.41) is 6.75. The molecule has 9 heteroatoms. The molecule has 0 spiro atoms. The largest absolute Gasteiger partial charge is 0.484 e. The van der Waals surface area contributed by atoms with Crippen molar-refractivity contribution in [3.8, 4) is 5.75 Å². The van der Waals surface area contributed by atoms with Gasteiger partial charge in [-0.25, -0.2) is 4.99 Å². The van der Waals surface area contributed by atoms with E-state index >= 15 is 0 Å². The Balaban J connectivity index is 1.38. The van der Waals surface area contributed by atoms with Crippen molar-refractivity contribution in [3.63, 3.8) is 0 Å². The summed E-state index contributed by atoms with van der Waals surface area (Å²) < 4.78 is 5.60. The number of anilines is 1. The van der Waals surface area contributed by atoms with E-state index in [1.807, 2.05) is 37.3 Å². The topological polar surface area (TPSA) is 79.8 Å². The predicted molar refractivity (Wildman–Crippen MR) is 139 cm³/mol.